The molecule has 0 aliphatic carbocycles. The molecule has 0 bridgehead atoms. The first kappa shape index (κ1) is 25.2. The van der Waals surface area contributed by atoms with Crippen molar-refractivity contribution < 1.29 is 23.5 Å². The normalized spacial score (nSPS) is 12.6. The molecule has 1 heterocycles. The SMILES string of the molecule is CCCC(NC(=O)Cc1cc(F)cc(F)c1)C(=O)Nc1cnc(C(O)c2ccc(Cl)cc2)cn1. The van der Waals surface area contributed by atoms with Crippen molar-refractivity contribution in [2.24, 2.45) is 0 Å². The number of aromatic nitrogens is 2. The molecule has 0 fully saturated rings. The summed E-state index contributed by atoms with van der Waals surface area (Å²) in [4.78, 5) is 33.3. The van der Waals surface area contributed by atoms with Crippen LogP contribution in [0.2, 0.25) is 5.02 Å². The van der Waals surface area contributed by atoms with Crippen molar-refractivity contribution in [3.8, 4) is 0 Å². The summed E-state index contributed by atoms with van der Waals surface area (Å²) in [7, 11) is 0. The number of benzene rings is 2. The van der Waals surface area contributed by atoms with Gasteiger partial charge in [0, 0.05) is 11.1 Å². The largest absolute Gasteiger partial charge is 0.382 e. The number of hydrogen-bond acceptors (Lipinski definition) is 5. The Bertz CT molecular complexity index is 1120. The maximum atomic E-state index is 13.4. The lowest BCUT2D eigenvalue weighted by Gasteiger charge is -2.18. The van der Waals surface area contributed by atoms with Crippen LogP contribution in [0.15, 0.2) is 54.9 Å². The first-order valence-corrected chi connectivity index (χ1v) is 10.9. The zero-order valence-corrected chi connectivity index (χ0v) is 19.0. The van der Waals surface area contributed by atoms with Gasteiger partial charge in [-0.05, 0) is 41.8 Å². The molecule has 34 heavy (non-hydrogen) atoms. The van der Waals surface area contributed by atoms with E-state index in [1.54, 1.807) is 24.3 Å². The average molecular weight is 489 g/mol. The van der Waals surface area contributed by atoms with Gasteiger partial charge in [0.1, 0.15) is 23.8 Å². The van der Waals surface area contributed by atoms with Crippen molar-refractivity contribution in [2.75, 3.05) is 5.32 Å². The van der Waals surface area contributed by atoms with E-state index in [0.29, 0.717) is 23.4 Å². The van der Waals surface area contributed by atoms with Crippen LogP contribution in [0, 0.1) is 11.6 Å². The molecule has 2 atom stereocenters. The number of aliphatic hydroxyl groups excluding tert-OH is 1. The predicted molar refractivity (Wildman–Crippen MR) is 123 cm³/mol. The molecule has 0 saturated heterocycles. The van der Waals surface area contributed by atoms with E-state index in [9.17, 15) is 23.5 Å². The Kier molecular flexibility index (Phi) is 8.61. The fourth-order valence-electron chi connectivity index (χ4n) is 3.27. The van der Waals surface area contributed by atoms with Crippen LogP contribution in [0.3, 0.4) is 0 Å². The zero-order chi connectivity index (χ0) is 24.7. The third-order valence-electron chi connectivity index (χ3n) is 4.91. The van der Waals surface area contributed by atoms with Gasteiger partial charge in [0.2, 0.25) is 11.8 Å². The van der Waals surface area contributed by atoms with Crippen LogP contribution in [0.4, 0.5) is 14.6 Å². The van der Waals surface area contributed by atoms with E-state index in [4.69, 9.17) is 11.6 Å². The number of nitrogens with one attached hydrogen (secondary N) is 2. The minimum absolute atomic E-state index is 0.139. The van der Waals surface area contributed by atoms with Crippen molar-refractivity contribution in [3.05, 3.63) is 88.3 Å². The fraction of sp³-hybridized carbons (Fsp3) is 0.250. The molecule has 0 radical (unpaired) electrons. The number of hydrogen-bond donors (Lipinski definition) is 3. The second-order valence-corrected chi connectivity index (χ2v) is 8.07. The Balaban J connectivity index is 1.62. The molecule has 0 spiro atoms. The summed E-state index contributed by atoms with van der Waals surface area (Å²) in [6.45, 7) is 1.85. The van der Waals surface area contributed by atoms with Crippen molar-refractivity contribution in [1.82, 2.24) is 15.3 Å². The average Bonchev–Trinajstić information content (AvgIpc) is 2.78. The molecule has 0 aliphatic heterocycles. The van der Waals surface area contributed by atoms with Gasteiger partial charge in [-0.25, -0.2) is 13.8 Å². The smallest absolute Gasteiger partial charge is 0.248 e. The van der Waals surface area contributed by atoms with Gasteiger partial charge in [-0.15, -0.1) is 0 Å². The van der Waals surface area contributed by atoms with Crippen LogP contribution in [-0.4, -0.2) is 32.9 Å². The van der Waals surface area contributed by atoms with E-state index >= 15 is 0 Å². The molecule has 3 aromatic rings. The first-order valence-electron chi connectivity index (χ1n) is 10.6. The maximum absolute atomic E-state index is 13.4. The summed E-state index contributed by atoms with van der Waals surface area (Å²) in [6.07, 6.45) is 2.28. The van der Waals surface area contributed by atoms with Crippen LogP contribution in [-0.2, 0) is 16.0 Å². The third-order valence-corrected chi connectivity index (χ3v) is 5.16. The van der Waals surface area contributed by atoms with Gasteiger partial charge < -0.3 is 15.7 Å². The van der Waals surface area contributed by atoms with Gasteiger partial charge in [-0.2, -0.15) is 0 Å². The molecular weight excluding hydrogens is 466 g/mol. The summed E-state index contributed by atoms with van der Waals surface area (Å²) in [5.41, 5.74) is 1.02. The van der Waals surface area contributed by atoms with E-state index in [1.165, 1.54) is 12.4 Å². The highest BCUT2D eigenvalue weighted by Gasteiger charge is 2.21. The summed E-state index contributed by atoms with van der Waals surface area (Å²) in [5, 5.41) is 16.1. The van der Waals surface area contributed by atoms with Crippen molar-refractivity contribution in [3.63, 3.8) is 0 Å². The zero-order valence-electron chi connectivity index (χ0n) is 18.3. The first-order chi connectivity index (χ1) is 16.2. The van der Waals surface area contributed by atoms with E-state index < -0.39 is 35.6 Å². The van der Waals surface area contributed by atoms with Crippen LogP contribution in [0.5, 0.6) is 0 Å². The topological polar surface area (TPSA) is 104 Å². The lowest BCUT2D eigenvalue weighted by molar-refractivity contribution is -0.126. The van der Waals surface area contributed by atoms with E-state index in [1.807, 2.05) is 6.92 Å². The number of nitrogens with zero attached hydrogens (tertiary/aromatic N) is 2. The number of anilines is 1. The second-order valence-electron chi connectivity index (χ2n) is 7.63. The molecule has 0 aliphatic rings. The lowest BCUT2D eigenvalue weighted by atomic mass is 10.1. The highest BCUT2D eigenvalue weighted by molar-refractivity contribution is 6.30. The van der Waals surface area contributed by atoms with Crippen molar-refractivity contribution in [1.29, 1.82) is 0 Å². The molecular formula is C24H23ClF2N4O3. The molecule has 2 unspecified atom stereocenters. The Labute approximate surface area is 200 Å². The number of carbonyl (C=O) groups is 2. The summed E-state index contributed by atoms with van der Waals surface area (Å²) < 4.78 is 26.7. The Morgan fingerprint density at radius 2 is 1.74 bits per heavy atom. The van der Waals surface area contributed by atoms with Crippen LogP contribution >= 0.6 is 11.6 Å². The third kappa shape index (κ3) is 7.03. The Hall–Kier alpha value is -3.43. The van der Waals surface area contributed by atoms with Crippen LogP contribution < -0.4 is 10.6 Å². The van der Waals surface area contributed by atoms with Gasteiger partial charge in [-0.3, -0.25) is 14.6 Å². The summed E-state index contributed by atoms with van der Waals surface area (Å²) in [5.74, 6) is -2.49. The van der Waals surface area contributed by atoms with E-state index in [0.717, 1.165) is 18.2 Å². The molecule has 1 aromatic heterocycles. The van der Waals surface area contributed by atoms with E-state index in [-0.39, 0.29) is 23.5 Å². The standard InChI is InChI=1S/C24H23ClF2N4O3/c1-2-3-19(30-22(32)10-14-8-17(26)11-18(27)9-14)24(34)31-21-13-28-20(12-29-21)23(33)15-4-6-16(25)7-5-15/h4-9,11-13,19,23,33H,2-3,10H2,1H3,(H,30,32)(H,29,31,34). The molecule has 2 amide bonds. The van der Waals surface area contributed by atoms with Gasteiger partial charge in [0.05, 0.1) is 24.5 Å². The summed E-state index contributed by atoms with van der Waals surface area (Å²) in [6, 6.07) is 8.60. The van der Waals surface area contributed by atoms with Gasteiger partial charge in [0.25, 0.3) is 0 Å². The maximum Gasteiger partial charge on any atom is 0.248 e. The highest BCUT2D eigenvalue weighted by atomic mass is 35.5. The van der Waals surface area contributed by atoms with Crippen LogP contribution in [0.25, 0.3) is 0 Å². The Morgan fingerprint density at radius 3 is 2.32 bits per heavy atom. The molecule has 10 heteroatoms. The van der Waals surface area contributed by atoms with Gasteiger partial charge >= 0.3 is 0 Å². The van der Waals surface area contributed by atoms with Crippen molar-refractivity contribution in [2.45, 2.75) is 38.3 Å². The molecule has 2 aromatic carbocycles. The van der Waals surface area contributed by atoms with Gasteiger partial charge in [-0.1, -0.05) is 37.1 Å². The number of amides is 2. The summed E-state index contributed by atoms with van der Waals surface area (Å²) >= 11 is 5.86. The van der Waals surface area contributed by atoms with Gasteiger partial charge in [0.15, 0.2) is 5.82 Å². The number of aliphatic hydroxyl groups is 1. The number of carbonyl (C=O) groups excluding carboxylic acids is 2. The van der Waals surface area contributed by atoms with Crippen molar-refractivity contribution >= 4 is 29.2 Å². The number of halogens is 3. The predicted octanol–water partition coefficient (Wildman–Crippen LogP) is 3.96. The fourth-order valence-corrected chi connectivity index (χ4v) is 3.40. The minimum Gasteiger partial charge on any atom is -0.382 e. The Morgan fingerprint density at radius 1 is 1.06 bits per heavy atom. The molecule has 7 nitrogen and oxygen atoms in total. The molecule has 0 saturated carbocycles. The lowest BCUT2D eigenvalue weighted by Crippen LogP contribution is -2.44. The van der Waals surface area contributed by atoms with Crippen LogP contribution in [0.1, 0.15) is 42.7 Å². The quantitative estimate of drug-likeness (QED) is 0.423. The highest BCUT2D eigenvalue weighted by Crippen LogP contribution is 2.22. The molecule has 3 rings (SSSR count). The molecule has 178 valence electrons. The minimum atomic E-state index is -1.02. The molecule has 3 N–H and O–H groups in total. The second kappa shape index (κ2) is 11.6. The van der Waals surface area contributed by atoms with E-state index in [2.05, 4.69) is 20.6 Å². The number of rotatable bonds is 9. The monoisotopic (exact) mass is 488 g/mol.